The Hall–Kier alpha value is -4.01. The molecule has 0 saturated heterocycles. The van der Waals surface area contributed by atoms with E-state index < -0.39 is 42.1 Å². The number of anilines is 1. The van der Waals surface area contributed by atoms with Crippen molar-refractivity contribution in [1.82, 2.24) is 10.2 Å². The summed E-state index contributed by atoms with van der Waals surface area (Å²) >= 11 is 6.30. The van der Waals surface area contributed by atoms with Crippen molar-refractivity contribution in [2.24, 2.45) is 0 Å². The van der Waals surface area contributed by atoms with E-state index in [-0.39, 0.29) is 0 Å². The molecule has 0 radical (unpaired) electrons. The number of nitriles is 1. The topological polar surface area (TPSA) is 112 Å². The van der Waals surface area contributed by atoms with E-state index in [1.54, 1.807) is 70.2 Å². The number of hydrogen-bond acceptors (Lipinski definition) is 5. The lowest BCUT2D eigenvalue weighted by Crippen LogP contribution is -2.51. The summed E-state index contributed by atoms with van der Waals surface area (Å²) in [7, 11) is 0. The lowest BCUT2D eigenvalue weighted by atomic mass is 10.0. The standard InChI is InChI=1S/C27H29ClN4O4/c1-7-19-11-13-20(14-12-19)23(24(33)31-22-17(2)9-8-10-21(22)28)32(16-15-29)25(34)18(3)30-26(35)36-27(4,5)6/h1,8-14,18,23H,16H2,2-6H3,(H,30,35)(H,31,33). The quantitative estimate of drug-likeness (QED) is 0.420. The fraction of sp³-hybridized carbons (Fsp3) is 0.333. The number of ether oxygens (including phenoxy) is 1. The van der Waals surface area contributed by atoms with E-state index in [9.17, 15) is 19.6 Å². The maximum absolute atomic E-state index is 13.6. The smallest absolute Gasteiger partial charge is 0.408 e. The van der Waals surface area contributed by atoms with E-state index in [1.165, 1.54) is 6.92 Å². The van der Waals surface area contributed by atoms with E-state index in [1.807, 2.05) is 6.07 Å². The first-order chi connectivity index (χ1) is 16.9. The van der Waals surface area contributed by atoms with E-state index in [2.05, 4.69) is 16.6 Å². The Morgan fingerprint density at radius 2 is 1.81 bits per heavy atom. The Kier molecular flexibility index (Phi) is 9.49. The van der Waals surface area contributed by atoms with Crippen LogP contribution in [0.15, 0.2) is 42.5 Å². The van der Waals surface area contributed by atoms with Crippen molar-refractivity contribution in [3.63, 3.8) is 0 Å². The number of nitrogens with zero attached hydrogens (tertiary/aromatic N) is 2. The first-order valence-corrected chi connectivity index (χ1v) is 11.5. The molecule has 2 aromatic carbocycles. The number of terminal acetylenes is 1. The summed E-state index contributed by atoms with van der Waals surface area (Å²) in [5.74, 6) is 1.26. The Bertz CT molecular complexity index is 1190. The van der Waals surface area contributed by atoms with Crippen molar-refractivity contribution < 1.29 is 19.1 Å². The first-order valence-electron chi connectivity index (χ1n) is 11.2. The molecule has 0 saturated carbocycles. The molecule has 0 heterocycles. The fourth-order valence-electron chi connectivity index (χ4n) is 3.38. The monoisotopic (exact) mass is 508 g/mol. The number of hydrogen-bond donors (Lipinski definition) is 2. The normalized spacial score (nSPS) is 12.3. The van der Waals surface area contributed by atoms with Crippen LogP contribution in [0.1, 0.15) is 50.4 Å². The summed E-state index contributed by atoms with van der Waals surface area (Å²) in [6, 6.07) is 11.3. The van der Waals surface area contributed by atoms with Crippen molar-refractivity contribution in [2.45, 2.75) is 52.3 Å². The molecule has 8 nitrogen and oxygen atoms in total. The Balaban J connectivity index is 2.46. The molecule has 0 aliphatic carbocycles. The minimum absolute atomic E-state index is 0.322. The molecule has 2 rings (SSSR count). The van der Waals surface area contributed by atoms with Crippen molar-refractivity contribution in [2.75, 3.05) is 11.9 Å². The van der Waals surface area contributed by atoms with Crippen LogP contribution in [0.4, 0.5) is 10.5 Å². The molecule has 0 fully saturated rings. The summed E-state index contributed by atoms with van der Waals surface area (Å²) in [6.45, 7) is 7.89. The van der Waals surface area contributed by atoms with Gasteiger partial charge in [0, 0.05) is 5.56 Å². The highest BCUT2D eigenvalue weighted by Crippen LogP contribution is 2.29. The highest BCUT2D eigenvalue weighted by atomic mass is 35.5. The van der Waals surface area contributed by atoms with Gasteiger partial charge in [0.2, 0.25) is 5.91 Å². The molecule has 0 aromatic heterocycles. The molecule has 0 spiro atoms. The van der Waals surface area contributed by atoms with Crippen LogP contribution in [0, 0.1) is 30.6 Å². The van der Waals surface area contributed by atoms with Gasteiger partial charge in [0.05, 0.1) is 16.8 Å². The van der Waals surface area contributed by atoms with E-state index in [0.29, 0.717) is 21.8 Å². The van der Waals surface area contributed by atoms with Gasteiger partial charge in [-0.25, -0.2) is 4.79 Å². The number of nitrogens with one attached hydrogen (secondary N) is 2. The molecule has 2 aromatic rings. The number of alkyl carbamates (subject to hydrolysis) is 1. The number of halogens is 1. The van der Waals surface area contributed by atoms with Crippen LogP contribution in [0.3, 0.4) is 0 Å². The largest absolute Gasteiger partial charge is 0.444 e. The summed E-state index contributed by atoms with van der Waals surface area (Å²) in [5.41, 5.74) is 1.34. The van der Waals surface area contributed by atoms with Crippen LogP contribution in [-0.2, 0) is 14.3 Å². The molecule has 2 unspecified atom stereocenters. The van der Waals surface area contributed by atoms with Crippen LogP contribution in [-0.4, -0.2) is 41.0 Å². The number of rotatable bonds is 7. The lowest BCUT2D eigenvalue weighted by Gasteiger charge is -2.32. The number of carbonyl (C=O) groups is 3. The third-order valence-corrected chi connectivity index (χ3v) is 5.37. The number of aryl methyl sites for hydroxylation is 1. The van der Waals surface area contributed by atoms with Gasteiger partial charge in [0.1, 0.15) is 24.2 Å². The molecule has 188 valence electrons. The van der Waals surface area contributed by atoms with Gasteiger partial charge in [0.15, 0.2) is 0 Å². The van der Waals surface area contributed by atoms with Gasteiger partial charge in [-0.3, -0.25) is 9.59 Å². The second-order valence-corrected chi connectivity index (χ2v) is 9.49. The zero-order chi connectivity index (χ0) is 27.0. The second kappa shape index (κ2) is 12.1. The third-order valence-electron chi connectivity index (χ3n) is 5.05. The zero-order valence-electron chi connectivity index (χ0n) is 20.9. The van der Waals surface area contributed by atoms with Crippen molar-refractivity contribution in [1.29, 1.82) is 5.26 Å². The molecule has 0 aliphatic rings. The van der Waals surface area contributed by atoms with E-state index >= 15 is 0 Å². The van der Waals surface area contributed by atoms with Crippen molar-refractivity contribution >= 4 is 35.2 Å². The molecule has 0 aliphatic heterocycles. The first kappa shape index (κ1) is 28.2. The van der Waals surface area contributed by atoms with Crippen LogP contribution >= 0.6 is 11.6 Å². The van der Waals surface area contributed by atoms with Gasteiger partial charge < -0.3 is 20.3 Å². The third kappa shape index (κ3) is 7.49. The minimum Gasteiger partial charge on any atom is -0.444 e. The minimum atomic E-state index is -1.22. The van der Waals surface area contributed by atoms with Crippen LogP contribution in [0.5, 0.6) is 0 Å². The van der Waals surface area contributed by atoms with Crippen LogP contribution in [0.2, 0.25) is 5.02 Å². The van der Waals surface area contributed by atoms with Gasteiger partial charge in [-0.1, -0.05) is 41.8 Å². The molecular formula is C27H29ClN4O4. The van der Waals surface area contributed by atoms with Crippen LogP contribution in [0.25, 0.3) is 0 Å². The van der Waals surface area contributed by atoms with Crippen LogP contribution < -0.4 is 10.6 Å². The molecule has 36 heavy (non-hydrogen) atoms. The number of para-hydroxylation sites is 1. The summed E-state index contributed by atoms with van der Waals surface area (Å²) < 4.78 is 5.22. The van der Waals surface area contributed by atoms with Gasteiger partial charge in [-0.2, -0.15) is 5.26 Å². The number of benzene rings is 2. The van der Waals surface area contributed by atoms with Gasteiger partial charge >= 0.3 is 6.09 Å². The molecule has 2 atom stereocenters. The lowest BCUT2D eigenvalue weighted by molar-refractivity contribution is -0.139. The predicted octanol–water partition coefficient (Wildman–Crippen LogP) is 4.57. The Morgan fingerprint density at radius 3 is 2.33 bits per heavy atom. The summed E-state index contributed by atoms with van der Waals surface area (Å²) in [6.07, 6.45) is 4.65. The van der Waals surface area contributed by atoms with Crippen molar-refractivity contribution in [3.05, 3.63) is 64.2 Å². The van der Waals surface area contributed by atoms with Gasteiger partial charge in [-0.15, -0.1) is 6.42 Å². The Morgan fingerprint density at radius 1 is 1.17 bits per heavy atom. The van der Waals surface area contributed by atoms with E-state index in [4.69, 9.17) is 22.8 Å². The maximum Gasteiger partial charge on any atom is 0.408 e. The molecule has 3 amide bonds. The average Bonchev–Trinajstić information content (AvgIpc) is 2.79. The Labute approximate surface area is 216 Å². The fourth-order valence-corrected chi connectivity index (χ4v) is 3.65. The maximum atomic E-state index is 13.6. The second-order valence-electron chi connectivity index (χ2n) is 9.08. The highest BCUT2D eigenvalue weighted by molar-refractivity contribution is 6.34. The summed E-state index contributed by atoms with van der Waals surface area (Å²) in [4.78, 5) is 40.4. The molecule has 9 heteroatoms. The van der Waals surface area contributed by atoms with E-state index in [0.717, 1.165) is 10.5 Å². The number of carbonyl (C=O) groups excluding carboxylic acids is 3. The number of amides is 3. The molecule has 0 bridgehead atoms. The zero-order valence-corrected chi connectivity index (χ0v) is 21.6. The van der Waals surface area contributed by atoms with Gasteiger partial charge in [0.25, 0.3) is 5.91 Å². The average molecular weight is 509 g/mol. The molecule has 2 N–H and O–H groups in total. The van der Waals surface area contributed by atoms with Gasteiger partial charge in [-0.05, 0) is 63.9 Å². The SMILES string of the molecule is C#Cc1ccc(C(C(=O)Nc2c(C)cccc2Cl)N(CC#N)C(=O)C(C)NC(=O)OC(C)(C)C)cc1. The summed E-state index contributed by atoms with van der Waals surface area (Å²) in [5, 5.41) is 15.1. The predicted molar refractivity (Wildman–Crippen MR) is 138 cm³/mol. The molecular weight excluding hydrogens is 480 g/mol. The highest BCUT2D eigenvalue weighted by Gasteiger charge is 2.35. The van der Waals surface area contributed by atoms with Crippen molar-refractivity contribution in [3.8, 4) is 18.4 Å².